The van der Waals surface area contributed by atoms with Crippen molar-refractivity contribution in [1.82, 2.24) is 9.97 Å². The van der Waals surface area contributed by atoms with Crippen molar-refractivity contribution in [3.8, 4) is 0 Å². The predicted molar refractivity (Wildman–Crippen MR) is 46.1 cm³/mol. The molecule has 0 aliphatic carbocycles. The van der Waals surface area contributed by atoms with Crippen LogP contribution >= 0.6 is 15.9 Å². The molecule has 64 valence electrons. The van der Waals surface area contributed by atoms with Gasteiger partial charge in [-0.25, -0.2) is 14.8 Å². The zero-order valence-corrected chi connectivity index (χ0v) is 8.00. The van der Waals surface area contributed by atoms with Crippen LogP contribution < -0.4 is 0 Å². The van der Waals surface area contributed by atoms with Crippen LogP contribution in [0.3, 0.4) is 0 Å². The third-order valence-corrected chi connectivity index (χ3v) is 1.89. The number of carboxylic acids is 1. The molecule has 1 heterocycles. The van der Waals surface area contributed by atoms with Gasteiger partial charge in [-0.05, 0) is 15.9 Å². The number of halogens is 1. The van der Waals surface area contributed by atoms with E-state index >= 15 is 0 Å². The van der Waals surface area contributed by atoms with Gasteiger partial charge in [0, 0.05) is 12.6 Å². The molecule has 0 unspecified atom stereocenters. The van der Waals surface area contributed by atoms with Gasteiger partial charge in [0.1, 0.15) is 5.82 Å². The van der Waals surface area contributed by atoms with Gasteiger partial charge >= 0.3 is 5.97 Å². The summed E-state index contributed by atoms with van der Waals surface area (Å²) in [6, 6.07) is 0. The summed E-state index contributed by atoms with van der Waals surface area (Å²) in [4.78, 5) is 18.3. The summed E-state index contributed by atoms with van der Waals surface area (Å²) < 4.78 is 0.409. The first kappa shape index (κ1) is 9.12. The van der Waals surface area contributed by atoms with Gasteiger partial charge in [-0.1, -0.05) is 6.92 Å². The molecule has 0 bridgehead atoms. The number of carboxylic acid groups (broad SMARTS) is 1. The van der Waals surface area contributed by atoms with Crippen LogP contribution in [0, 0.1) is 0 Å². The van der Waals surface area contributed by atoms with Gasteiger partial charge in [0.15, 0.2) is 5.69 Å². The lowest BCUT2D eigenvalue weighted by Crippen LogP contribution is -2.05. The van der Waals surface area contributed by atoms with E-state index in [1.807, 2.05) is 6.92 Å². The number of nitrogens with zero attached hydrogens (tertiary/aromatic N) is 2. The summed E-state index contributed by atoms with van der Waals surface area (Å²) in [7, 11) is 0. The zero-order chi connectivity index (χ0) is 9.14. The van der Waals surface area contributed by atoms with E-state index in [0.29, 0.717) is 16.7 Å². The highest BCUT2D eigenvalue weighted by Gasteiger charge is 2.10. The molecule has 1 aromatic rings. The van der Waals surface area contributed by atoms with Crippen LogP contribution in [0.25, 0.3) is 0 Å². The second-order valence-corrected chi connectivity index (χ2v) is 3.00. The second-order valence-electron chi connectivity index (χ2n) is 2.14. The van der Waals surface area contributed by atoms with Gasteiger partial charge < -0.3 is 5.11 Å². The molecule has 0 fully saturated rings. The first-order valence-corrected chi connectivity index (χ1v) is 4.19. The van der Waals surface area contributed by atoms with Gasteiger partial charge in [-0.3, -0.25) is 0 Å². The number of rotatable bonds is 2. The van der Waals surface area contributed by atoms with Crippen LogP contribution in [0.5, 0.6) is 0 Å². The highest BCUT2D eigenvalue weighted by Crippen LogP contribution is 2.12. The molecule has 0 saturated carbocycles. The third kappa shape index (κ3) is 1.79. The Hall–Kier alpha value is -0.970. The molecule has 4 nitrogen and oxygen atoms in total. The fraction of sp³-hybridized carbons (Fsp3) is 0.286. The first-order valence-electron chi connectivity index (χ1n) is 3.40. The maximum atomic E-state index is 10.6. The van der Waals surface area contributed by atoms with Gasteiger partial charge in [0.2, 0.25) is 0 Å². The average Bonchev–Trinajstić information content (AvgIpc) is 2.05. The smallest absolute Gasteiger partial charge is 0.355 e. The Labute approximate surface area is 77.8 Å². The van der Waals surface area contributed by atoms with E-state index in [-0.39, 0.29) is 5.69 Å². The number of hydrogen-bond acceptors (Lipinski definition) is 3. The van der Waals surface area contributed by atoms with Crippen LogP contribution in [0.1, 0.15) is 23.2 Å². The van der Waals surface area contributed by atoms with E-state index in [9.17, 15) is 4.79 Å². The van der Waals surface area contributed by atoms with Crippen molar-refractivity contribution in [2.75, 3.05) is 0 Å². The molecule has 0 atom stereocenters. The summed E-state index contributed by atoms with van der Waals surface area (Å²) in [6.45, 7) is 1.87. The molecule has 1 rings (SSSR count). The van der Waals surface area contributed by atoms with Crippen molar-refractivity contribution >= 4 is 21.9 Å². The molecule has 0 amide bonds. The number of aromatic nitrogens is 2. The molecule has 0 aromatic carbocycles. The van der Waals surface area contributed by atoms with Gasteiger partial charge in [-0.2, -0.15) is 0 Å². The number of aromatic carboxylic acids is 1. The average molecular weight is 231 g/mol. The van der Waals surface area contributed by atoms with E-state index in [0.717, 1.165) is 0 Å². The summed E-state index contributed by atoms with van der Waals surface area (Å²) in [5.74, 6) is -0.505. The van der Waals surface area contributed by atoms with Gasteiger partial charge in [0.05, 0.1) is 4.47 Å². The highest BCUT2D eigenvalue weighted by atomic mass is 79.9. The quantitative estimate of drug-likeness (QED) is 0.837. The maximum absolute atomic E-state index is 10.6. The largest absolute Gasteiger partial charge is 0.476 e. The Morgan fingerprint density at radius 1 is 1.75 bits per heavy atom. The van der Waals surface area contributed by atoms with E-state index < -0.39 is 5.97 Å². The van der Waals surface area contributed by atoms with Crippen molar-refractivity contribution in [2.24, 2.45) is 0 Å². The van der Waals surface area contributed by atoms with Crippen LogP contribution in [-0.2, 0) is 6.42 Å². The molecule has 12 heavy (non-hydrogen) atoms. The Kier molecular flexibility index (Phi) is 2.75. The third-order valence-electron chi connectivity index (χ3n) is 1.31. The second kappa shape index (κ2) is 3.62. The molecule has 1 N–H and O–H groups in total. The minimum atomic E-state index is -1.04. The van der Waals surface area contributed by atoms with E-state index in [1.165, 1.54) is 6.20 Å². The monoisotopic (exact) mass is 230 g/mol. The summed E-state index contributed by atoms with van der Waals surface area (Å²) >= 11 is 3.05. The normalized spacial score (nSPS) is 9.83. The number of hydrogen-bond donors (Lipinski definition) is 1. The Morgan fingerprint density at radius 2 is 2.42 bits per heavy atom. The molecule has 0 aliphatic rings. The SMILES string of the molecule is CCc1ncc(Br)c(C(=O)O)n1. The van der Waals surface area contributed by atoms with Crippen molar-refractivity contribution in [3.05, 3.63) is 22.2 Å². The highest BCUT2D eigenvalue weighted by molar-refractivity contribution is 9.10. The Balaban J connectivity index is 3.17. The van der Waals surface area contributed by atoms with Crippen molar-refractivity contribution in [2.45, 2.75) is 13.3 Å². The van der Waals surface area contributed by atoms with Crippen molar-refractivity contribution < 1.29 is 9.90 Å². The minimum absolute atomic E-state index is 0.0156. The van der Waals surface area contributed by atoms with Crippen LogP contribution in [-0.4, -0.2) is 21.0 Å². The Bertz CT molecular complexity index is 314. The van der Waals surface area contributed by atoms with Gasteiger partial charge in [0.25, 0.3) is 0 Å². The fourth-order valence-corrected chi connectivity index (χ4v) is 1.08. The van der Waals surface area contributed by atoms with E-state index in [4.69, 9.17) is 5.11 Å². The molecule has 0 radical (unpaired) electrons. The lowest BCUT2D eigenvalue weighted by Gasteiger charge is -1.99. The fourth-order valence-electron chi connectivity index (χ4n) is 0.724. The summed E-state index contributed by atoms with van der Waals surface area (Å²) in [6.07, 6.45) is 2.09. The van der Waals surface area contributed by atoms with Crippen LogP contribution in [0.4, 0.5) is 0 Å². The topological polar surface area (TPSA) is 63.1 Å². The van der Waals surface area contributed by atoms with Crippen molar-refractivity contribution in [3.63, 3.8) is 0 Å². The maximum Gasteiger partial charge on any atom is 0.355 e. The zero-order valence-electron chi connectivity index (χ0n) is 6.41. The number of carbonyl (C=O) groups is 1. The standard InChI is InChI=1S/C7H7BrN2O2/c1-2-5-9-3-4(8)6(10-5)7(11)12/h3H,2H2,1H3,(H,11,12). The molecule has 0 spiro atoms. The summed E-state index contributed by atoms with van der Waals surface area (Å²) in [5.41, 5.74) is 0.0156. The minimum Gasteiger partial charge on any atom is -0.476 e. The summed E-state index contributed by atoms with van der Waals surface area (Å²) in [5, 5.41) is 8.67. The predicted octanol–water partition coefficient (Wildman–Crippen LogP) is 1.50. The van der Waals surface area contributed by atoms with Crippen LogP contribution in [0.15, 0.2) is 10.7 Å². The lowest BCUT2D eigenvalue weighted by molar-refractivity contribution is 0.0689. The van der Waals surface area contributed by atoms with Gasteiger partial charge in [-0.15, -0.1) is 0 Å². The molecule has 0 saturated heterocycles. The molecular weight excluding hydrogens is 224 g/mol. The van der Waals surface area contributed by atoms with E-state index in [2.05, 4.69) is 25.9 Å². The molecule has 0 aliphatic heterocycles. The molecule has 5 heteroatoms. The molecular formula is C7H7BrN2O2. The van der Waals surface area contributed by atoms with E-state index in [1.54, 1.807) is 0 Å². The number of aryl methyl sites for hydroxylation is 1. The Morgan fingerprint density at radius 3 is 2.92 bits per heavy atom. The van der Waals surface area contributed by atoms with Crippen molar-refractivity contribution in [1.29, 1.82) is 0 Å². The molecule has 1 aromatic heterocycles. The lowest BCUT2D eigenvalue weighted by atomic mass is 10.4. The first-order chi connectivity index (χ1) is 5.65. The van der Waals surface area contributed by atoms with Crippen LogP contribution in [0.2, 0.25) is 0 Å².